The van der Waals surface area contributed by atoms with Gasteiger partial charge in [-0.1, -0.05) is 36.4 Å². The molecule has 0 amide bonds. The maximum atomic E-state index is 12.3. The summed E-state index contributed by atoms with van der Waals surface area (Å²) < 4.78 is 5.25. The maximum Gasteiger partial charge on any atom is 0.190 e. The first kappa shape index (κ1) is 12.9. The predicted molar refractivity (Wildman–Crippen MR) is 81.4 cm³/mol. The van der Waals surface area contributed by atoms with Crippen molar-refractivity contribution in [3.8, 4) is 0 Å². The number of rotatable bonds is 4. The van der Waals surface area contributed by atoms with E-state index in [9.17, 15) is 4.79 Å². The monoisotopic (exact) mass is 267 g/mol. The lowest BCUT2D eigenvalue weighted by Gasteiger charge is -2.02. The van der Waals surface area contributed by atoms with Crippen molar-refractivity contribution in [3.05, 3.63) is 47.7 Å². The summed E-state index contributed by atoms with van der Waals surface area (Å²) in [4.78, 5) is 15.6. The van der Waals surface area contributed by atoms with Crippen LogP contribution in [0.4, 0.5) is 0 Å². The van der Waals surface area contributed by atoms with Gasteiger partial charge in [-0.15, -0.1) is 0 Å². The van der Waals surface area contributed by atoms with Crippen molar-refractivity contribution in [1.82, 2.24) is 4.98 Å². The number of Topliss-reactive ketones (excluding diaryl/α,β-unsaturated/α-hetero) is 1. The van der Waals surface area contributed by atoms with Crippen molar-refractivity contribution >= 4 is 27.5 Å². The zero-order valence-corrected chi connectivity index (χ0v) is 11.7. The highest BCUT2D eigenvalue weighted by molar-refractivity contribution is 6.16. The largest absolute Gasteiger partial charge is 0.374 e. The molecule has 0 aliphatic heterocycles. The van der Waals surface area contributed by atoms with Crippen LogP contribution in [0, 0.1) is 6.92 Å². The minimum Gasteiger partial charge on any atom is -0.374 e. The number of ketones is 1. The Bertz CT molecular complexity index is 786. The van der Waals surface area contributed by atoms with Gasteiger partial charge >= 0.3 is 0 Å². The fraction of sp³-hybridized carbons (Fsp3) is 0.235. The molecule has 1 aromatic heterocycles. The van der Waals surface area contributed by atoms with E-state index < -0.39 is 0 Å². The minimum atomic E-state index is 0.0332. The summed E-state index contributed by atoms with van der Waals surface area (Å²) in [6.45, 7) is 4.52. The number of carbonyl (C=O) groups excluding carboxylic acids is 1. The first-order valence-electron chi connectivity index (χ1n) is 6.83. The number of nitrogens with one attached hydrogen (secondary N) is 1. The van der Waals surface area contributed by atoms with Crippen molar-refractivity contribution in [3.63, 3.8) is 0 Å². The number of aryl methyl sites for hydroxylation is 1. The summed E-state index contributed by atoms with van der Waals surface area (Å²) in [7, 11) is 0. The molecule has 3 aromatic rings. The number of fused-ring (bicyclic) bond motifs is 3. The van der Waals surface area contributed by atoms with Gasteiger partial charge in [-0.2, -0.15) is 0 Å². The Hall–Kier alpha value is -2.13. The Morgan fingerprint density at radius 1 is 1.15 bits per heavy atom. The Balaban J connectivity index is 2.21. The quantitative estimate of drug-likeness (QED) is 0.729. The SMILES string of the molecule is CCOCC(=O)c1c(C)[nH]c2c1ccc1ccccc12. The van der Waals surface area contributed by atoms with Crippen LogP contribution in [0.1, 0.15) is 23.0 Å². The third kappa shape index (κ3) is 2.00. The number of ether oxygens (including phenoxy) is 1. The highest BCUT2D eigenvalue weighted by Gasteiger charge is 2.17. The van der Waals surface area contributed by atoms with E-state index >= 15 is 0 Å². The Morgan fingerprint density at radius 3 is 2.75 bits per heavy atom. The van der Waals surface area contributed by atoms with E-state index in [1.165, 1.54) is 5.39 Å². The lowest BCUT2D eigenvalue weighted by molar-refractivity contribution is 0.0784. The first-order valence-corrected chi connectivity index (χ1v) is 6.83. The molecule has 102 valence electrons. The fourth-order valence-electron chi connectivity index (χ4n) is 2.69. The van der Waals surface area contributed by atoms with Crippen LogP contribution in [0.2, 0.25) is 0 Å². The Kier molecular flexibility index (Phi) is 3.28. The lowest BCUT2D eigenvalue weighted by atomic mass is 10.0. The second-order valence-electron chi connectivity index (χ2n) is 4.89. The van der Waals surface area contributed by atoms with Crippen LogP contribution < -0.4 is 0 Å². The second kappa shape index (κ2) is 5.10. The lowest BCUT2D eigenvalue weighted by Crippen LogP contribution is -2.09. The van der Waals surface area contributed by atoms with Crippen molar-refractivity contribution in [2.75, 3.05) is 13.2 Å². The van der Waals surface area contributed by atoms with Crippen molar-refractivity contribution in [2.45, 2.75) is 13.8 Å². The topological polar surface area (TPSA) is 42.1 Å². The van der Waals surface area contributed by atoms with Gasteiger partial charge in [-0.05, 0) is 19.2 Å². The number of benzene rings is 2. The van der Waals surface area contributed by atoms with E-state index in [2.05, 4.69) is 23.2 Å². The molecule has 0 bridgehead atoms. The molecule has 20 heavy (non-hydrogen) atoms. The summed E-state index contributed by atoms with van der Waals surface area (Å²) >= 11 is 0. The van der Waals surface area contributed by atoms with E-state index in [4.69, 9.17) is 4.74 Å². The molecule has 3 rings (SSSR count). The second-order valence-corrected chi connectivity index (χ2v) is 4.89. The van der Waals surface area contributed by atoms with E-state index in [1.807, 2.05) is 32.0 Å². The molecule has 0 atom stereocenters. The van der Waals surface area contributed by atoms with Gasteiger partial charge in [0, 0.05) is 28.6 Å². The van der Waals surface area contributed by atoms with Crippen LogP contribution in [-0.2, 0) is 4.74 Å². The van der Waals surface area contributed by atoms with Crippen molar-refractivity contribution in [2.24, 2.45) is 0 Å². The molecule has 1 heterocycles. The van der Waals surface area contributed by atoms with Crippen LogP contribution in [0.5, 0.6) is 0 Å². The molecule has 3 heteroatoms. The average Bonchev–Trinajstić information content (AvgIpc) is 2.81. The van der Waals surface area contributed by atoms with E-state index in [-0.39, 0.29) is 12.4 Å². The van der Waals surface area contributed by atoms with Crippen LogP contribution >= 0.6 is 0 Å². The predicted octanol–water partition coefficient (Wildman–Crippen LogP) is 3.85. The fourth-order valence-corrected chi connectivity index (χ4v) is 2.69. The van der Waals surface area contributed by atoms with Gasteiger partial charge in [0.1, 0.15) is 6.61 Å². The summed E-state index contributed by atoms with van der Waals surface area (Å²) in [6, 6.07) is 12.3. The van der Waals surface area contributed by atoms with Gasteiger partial charge in [-0.25, -0.2) is 0 Å². The third-order valence-corrected chi connectivity index (χ3v) is 3.60. The number of carbonyl (C=O) groups is 1. The minimum absolute atomic E-state index is 0.0332. The number of aromatic nitrogens is 1. The van der Waals surface area contributed by atoms with E-state index in [0.717, 1.165) is 27.5 Å². The number of aromatic amines is 1. The molecule has 2 aromatic carbocycles. The summed E-state index contributed by atoms with van der Waals surface area (Å²) in [5.41, 5.74) is 2.68. The van der Waals surface area contributed by atoms with Gasteiger partial charge in [0.05, 0.1) is 5.52 Å². The molecular formula is C17H17NO2. The van der Waals surface area contributed by atoms with Gasteiger partial charge in [0.25, 0.3) is 0 Å². The normalized spacial score (nSPS) is 11.3. The van der Waals surface area contributed by atoms with Gasteiger partial charge in [0.2, 0.25) is 0 Å². The van der Waals surface area contributed by atoms with Crippen LogP contribution in [0.25, 0.3) is 21.7 Å². The van der Waals surface area contributed by atoms with E-state index in [1.54, 1.807) is 0 Å². The zero-order chi connectivity index (χ0) is 14.1. The molecule has 0 saturated heterocycles. The standard InChI is InChI=1S/C17H17NO2/c1-3-20-10-15(19)16-11(2)18-17-13-7-5-4-6-12(13)8-9-14(16)17/h4-9,18H,3,10H2,1-2H3. The van der Waals surface area contributed by atoms with Gasteiger partial charge in [0.15, 0.2) is 5.78 Å². The molecule has 0 spiro atoms. The maximum absolute atomic E-state index is 12.3. The van der Waals surface area contributed by atoms with Crippen LogP contribution in [-0.4, -0.2) is 24.0 Å². The molecule has 0 radical (unpaired) electrons. The molecule has 1 N–H and O–H groups in total. The smallest absolute Gasteiger partial charge is 0.190 e. The molecule has 0 fully saturated rings. The van der Waals surface area contributed by atoms with Crippen molar-refractivity contribution < 1.29 is 9.53 Å². The highest BCUT2D eigenvalue weighted by Crippen LogP contribution is 2.29. The molecule has 0 saturated carbocycles. The Morgan fingerprint density at radius 2 is 1.95 bits per heavy atom. The Labute approximate surface area is 117 Å². The summed E-state index contributed by atoms with van der Waals surface area (Å²) in [5.74, 6) is 0.0332. The highest BCUT2D eigenvalue weighted by atomic mass is 16.5. The van der Waals surface area contributed by atoms with Gasteiger partial charge < -0.3 is 9.72 Å². The number of H-pyrrole nitrogens is 1. The van der Waals surface area contributed by atoms with Gasteiger partial charge in [-0.3, -0.25) is 4.79 Å². The third-order valence-electron chi connectivity index (χ3n) is 3.60. The van der Waals surface area contributed by atoms with Crippen LogP contribution in [0.15, 0.2) is 36.4 Å². The number of hydrogen-bond acceptors (Lipinski definition) is 2. The molecule has 0 aliphatic rings. The number of hydrogen-bond donors (Lipinski definition) is 1. The molecule has 0 aliphatic carbocycles. The first-order chi connectivity index (χ1) is 9.72. The molecule has 0 unspecified atom stereocenters. The summed E-state index contributed by atoms with van der Waals surface area (Å²) in [5, 5.41) is 3.29. The van der Waals surface area contributed by atoms with E-state index in [0.29, 0.717) is 6.61 Å². The zero-order valence-electron chi connectivity index (χ0n) is 11.7. The molecule has 3 nitrogen and oxygen atoms in total. The molecular weight excluding hydrogens is 250 g/mol. The van der Waals surface area contributed by atoms with Crippen molar-refractivity contribution in [1.29, 1.82) is 0 Å². The van der Waals surface area contributed by atoms with Crippen LogP contribution in [0.3, 0.4) is 0 Å². The summed E-state index contributed by atoms with van der Waals surface area (Å²) in [6.07, 6.45) is 0. The average molecular weight is 267 g/mol.